The normalized spacial score (nSPS) is 18.6. The van der Waals surface area contributed by atoms with Gasteiger partial charge in [0, 0.05) is 30.9 Å². The minimum Gasteiger partial charge on any atom is -0.351 e. The van der Waals surface area contributed by atoms with E-state index >= 15 is 0 Å². The molecule has 0 bridgehead atoms. The Kier molecular flexibility index (Phi) is 2.77. The van der Waals surface area contributed by atoms with Crippen molar-refractivity contribution in [3.63, 3.8) is 0 Å². The average molecular weight is 202 g/mol. The van der Waals surface area contributed by atoms with Gasteiger partial charge in [0.25, 0.3) is 5.91 Å². The predicted molar refractivity (Wildman–Crippen MR) is 58.1 cm³/mol. The Hall–Kier alpha value is -1.69. The molecule has 78 valence electrons. The van der Waals surface area contributed by atoms with Gasteiger partial charge in [-0.05, 0) is 31.4 Å². The van der Waals surface area contributed by atoms with Crippen LogP contribution in [0.25, 0.3) is 0 Å². The number of fused-ring (bicyclic) bond motifs is 1. The lowest BCUT2D eigenvalue weighted by Crippen LogP contribution is -2.39. The zero-order chi connectivity index (χ0) is 10.7. The first-order chi connectivity index (χ1) is 7.29. The van der Waals surface area contributed by atoms with Gasteiger partial charge in [0.2, 0.25) is 0 Å². The Labute approximate surface area is 89.5 Å². The minimum absolute atomic E-state index is 0.164. The Morgan fingerprint density at radius 2 is 2.53 bits per heavy atom. The summed E-state index contributed by atoms with van der Waals surface area (Å²) in [5.41, 5.74) is 1.29. The lowest BCUT2D eigenvalue weighted by atomic mass is 10.0. The second-order valence-electron chi connectivity index (χ2n) is 3.73. The molecule has 0 aromatic carbocycles. The third-order valence-corrected chi connectivity index (χ3v) is 2.67. The summed E-state index contributed by atoms with van der Waals surface area (Å²) in [6, 6.07) is 4.38. The van der Waals surface area contributed by atoms with Crippen LogP contribution in [0.4, 0.5) is 0 Å². The summed E-state index contributed by atoms with van der Waals surface area (Å²) in [5.74, 6) is 4.94. The maximum atomic E-state index is 11.3. The van der Waals surface area contributed by atoms with Gasteiger partial charge in [-0.3, -0.25) is 4.79 Å². The van der Waals surface area contributed by atoms with Crippen molar-refractivity contribution in [2.75, 3.05) is 0 Å². The van der Waals surface area contributed by atoms with E-state index in [1.807, 2.05) is 6.07 Å². The van der Waals surface area contributed by atoms with Crippen molar-refractivity contribution < 1.29 is 4.79 Å². The molecule has 0 radical (unpaired) electrons. The molecule has 2 heterocycles. The van der Waals surface area contributed by atoms with Gasteiger partial charge < -0.3 is 9.88 Å². The molecule has 1 atom stereocenters. The summed E-state index contributed by atoms with van der Waals surface area (Å²) in [7, 11) is 0. The maximum absolute atomic E-state index is 11.3. The van der Waals surface area contributed by atoms with Gasteiger partial charge >= 0.3 is 0 Å². The van der Waals surface area contributed by atoms with Gasteiger partial charge in [-0.1, -0.05) is 5.92 Å². The quantitative estimate of drug-likeness (QED) is 0.676. The van der Waals surface area contributed by atoms with Crippen LogP contribution in [-0.2, 0) is 17.8 Å². The summed E-state index contributed by atoms with van der Waals surface area (Å²) in [5, 5.41) is 2.92. The van der Waals surface area contributed by atoms with Crippen LogP contribution in [0.1, 0.15) is 19.0 Å². The molecule has 15 heavy (non-hydrogen) atoms. The lowest BCUT2D eigenvalue weighted by molar-refractivity contribution is -0.116. The Morgan fingerprint density at radius 3 is 3.33 bits per heavy atom. The van der Waals surface area contributed by atoms with Gasteiger partial charge in [-0.25, -0.2) is 0 Å². The predicted octanol–water partition coefficient (Wildman–Crippen LogP) is 0.942. The first-order valence-electron chi connectivity index (χ1n) is 5.17. The number of aryl methyl sites for hydroxylation is 1. The van der Waals surface area contributed by atoms with Crippen molar-refractivity contribution in [2.45, 2.75) is 32.4 Å². The van der Waals surface area contributed by atoms with E-state index in [2.05, 4.69) is 34.0 Å². The molecule has 0 spiro atoms. The van der Waals surface area contributed by atoms with Crippen molar-refractivity contribution in [3.05, 3.63) is 24.0 Å². The smallest absolute Gasteiger partial charge is 0.296 e. The third kappa shape index (κ3) is 2.21. The van der Waals surface area contributed by atoms with Gasteiger partial charge in [0.05, 0.1) is 0 Å². The number of aromatic nitrogens is 1. The van der Waals surface area contributed by atoms with E-state index in [1.54, 1.807) is 6.92 Å². The molecule has 1 aromatic heterocycles. The monoisotopic (exact) mass is 202 g/mol. The van der Waals surface area contributed by atoms with Crippen molar-refractivity contribution in [2.24, 2.45) is 0 Å². The molecule has 1 N–H and O–H groups in total. The fourth-order valence-corrected chi connectivity index (χ4v) is 1.96. The summed E-state index contributed by atoms with van der Waals surface area (Å²) >= 11 is 0. The highest BCUT2D eigenvalue weighted by molar-refractivity contribution is 5.93. The number of hydrogen-bond donors (Lipinski definition) is 1. The second-order valence-corrected chi connectivity index (χ2v) is 3.73. The van der Waals surface area contributed by atoms with Gasteiger partial charge in [-0.15, -0.1) is 0 Å². The molecule has 1 aromatic rings. The van der Waals surface area contributed by atoms with Crippen LogP contribution in [0.2, 0.25) is 0 Å². The summed E-state index contributed by atoms with van der Waals surface area (Å²) < 4.78 is 2.23. The summed E-state index contributed by atoms with van der Waals surface area (Å²) in [4.78, 5) is 11.3. The molecular formula is C12H14N2O. The topological polar surface area (TPSA) is 34.0 Å². The Balaban J connectivity index is 1.97. The zero-order valence-electron chi connectivity index (χ0n) is 8.79. The van der Waals surface area contributed by atoms with Crippen molar-refractivity contribution in [1.82, 2.24) is 9.88 Å². The average Bonchev–Trinajstić information content (AvgIpc) is 2.65. The highest BCUT2D eigenvalue weighted by atomic mass is 16.1. The fraction of sp³-hybridized carbons (Fsp3) is 0.417. The van der Waals surface area contributed by atoms with Crippen LogP contribution in [0.3, 0.4) is 0 Å². The van der Waals surface area contributed by atoms with Crippen LogP contribution >= 0.6 is 0 Å². The zero-order valence-corrected chi connectivity index (χ0v) is 8.79. The second kappa shape index (κ2) is 4.22. The molecule has 0 aliphatic carbocycles. The molecule has 3 heteroatoms. The van der Waals surface area contributed by atoms with Gasteiger partial charge in [-0.2, -0.15) is 0 Å². The van der Waals surface area contributed by atoms with Crippen LogP contribution < -0.4 is 5.32 Å². The Bertz CT molecular complexity index is 422. The number of nitrogens with zero attached hydrogens (tertiary/aromatic N) is 1. The van der Waals surface area contributed by atoms with Crippen LogP contribution in [-0.4, -0.2) is 16.5 Å². The third-order valence-electron chi connectivity index (χ3n) is 2.67. The standard InChI is InChI=1S/C12H14N2O/c1-2-4-12(15)13-10-6-8-14-7-3-5-11(14)9-10/h3,5,7,10H,6,8-9H2,1H3,(H,13,15). The van der Waals surface area contributed by atoms with Crippen molar-refractivity contribution in [3.8, 4) is 11.8 Å². The highest BCUT2D eigenvalue weighted by Crippen LogP contribution is 2.15. The molecule has 0 saturated carbocycles. The van der Waals surface area contributed by atoms with Crippen molar-refractivity contribution >= 4 is 5.91 Å². The first kappa shape index (κ1) is 9.85. The van der Waals surface area contributed by atoms with E-state index in [0.717, 1.165) is 19.4 Å². The number of amides is 1. The van der Waals surface area contributed by atoms with E-state index in [-0.39, 0.29) is 11.9 Å². The van der Waals surface area contributed by atoms with Crippen LogP contribution in [0.15, 0.2) is 18.3 Å². The molecule has 1 aliphatic rings. The summed E-state index contributed by atoms with van der Waals surface area (Å²) in [6.45, 7) is 2.65. The van der Waals surface area contributed by atoms with Crippen molar-refractivity contribution in [1.29, 1.82) is 0 Å². The van der Waals surface area contributed by atoms with Crippen LogP contribution in [0, 0.1) is 11.8 Å². The molecule has 2 rings (SSSR count). The number of carbonyl (C=O) groups is 1. The molecule has 1 amide bonds. The van der Waals surface area contributed by atoms with E-state index in [9.17, 15) is 4.79 Å². The van der Waals surface area contributed by atoms with Gasteiger partial charge in [0.1, 0.15) is 0 Å². The number of rotatable bonds is 1. The lowest BCUT2D eigenvalue weighted by Gasteiger charge is -2.24. The minimum atomic E-state index is -0.164. The number of nitrogens with one attached hydrogen (secondary N) is 1. The van der Waals surface area contributed by atoms with E-state index < -0.39 is 0 Å². The number of hydrogen-bond acceptors (Lipinski definition) is 1. The summed E-state index contributed by atoms with van der Waals surface area (Å²) in [6.07, 6.45) is 3.97. The number of carbonyl (C=O) groups excluding carboxylic acids is 1. The SMILES string of the molecule is CC#CC(=O)NC1CCn2cccc2C1. The first-order valence-corrected chi connectivity index (χ1v) is 5.17. The molecule has 1 aliphatic heterocycles. The van der Waals surface area contributed by atoms with E-state index in [1.165, 1.54) is 5.69 Å². The Morgan fingerprint density at radius 1 is 1.67 bits per heavy atom. The van der Waals surface area contributed by atoms with Crippen LogP contribution in [0.5, 0.6) is 0 Å². The molecule has 1 unspecified atom stereocenters. The molecule has 0 saturated heterocycles. The largest absolute Gasteiger partial charge is 0.351 e. The van der Waals surface area contributed by atoms with E-state index in [0.29, 0.717) is 0 Å². The molecule has 0 fully saturated rings. The molecule has 3 nitrogen and oxygen atoms in total. The molecular weight excluding hydrogens is 188 g/mol. The highest BCUT2D eigenvalue weighted by Gasteiger charge is 2.18. The fourth-order valence-electron chi connectivity index (χ4n) is 1.96. The van der Waals surface area contributed by atoms with E-state index in [4.69, 9.17) is 0 Å². The maximum Gasteiger partial charge on any atom is 0.296 e. The van der Waals surface area contributed by atoms with Gasteiger partial charge in [0.15, 0.2) is 0 Å².